The first-order valence-electron chi connectivity index (χ1n) is 8.29. The van der Waals surface area contributed by atoms with E-state index in [1.165, 1.54) is 10.7 Å². The van der Waals surface area contributed by atoms with E-state index < -0.39 is 0 Å². The summed E-state index contributed by atoms with van der Waals surface area (Å²) >= 11 is 0. The minimum Gasteiger partial charge on any atom is -0.381 e. The summed E-state index contributed by atoms with van der Waals surface area (Å²) in [5, 5.41) is 12.7. The summed E-state index contributed by atoms with van der Waals surface area (Å²) in [6.07, 6.45) is 0. The second-order valence-corrected chi connectivity index (χ2v) is 6.73. The fraction of sp³-hybridized carbons (Fsp3) is 0.412. The van der Waals surface area contributed by atoms with E-state index in [1.54, 1.807) is 22.9 Å². The van der Waals surface area contributed by atoms with Crippen molar-refractivity contribution >= 4 is 11.0 Å². The molecule has 0 radical (unpaired) electrons. The molecule has 1 aliphatic carbocycles. The average molecular weight is 341 g/mol. The topological polar surface area (TPSA) is 74.8 Å². The van der Waals surface area contributed by atoms with Crippen molar-refractivity contribution in [2.75, 3.05) is 13.2 Å². The van der Waals surface area contributed by atoms with Crippen LogP contribution in [0.15, 0.2) is 29.1 Å². The highest BCUT2D eigenvalue weighted by Crippen LogP contribution is 2.53. The fourth-order valence-electron chi connectivity index (χ4n) is 3.75. The summed E-state index contributed by atoms with van der Waals surface area (Å²) in [6, 6.07) is 6.60. The van der Waals surface area contributed by atoms with E-state index in [4.69, 9.17) is 4.74 Å². The van der Waals surface area contributed by atoms with Crippen LogP contribution >= 0.6 is 0 Å². The first-order chi connectivity index (χ1) is 12.1. The van der Waals surface area contributed by atoms with E-state index >= 15 is 0 Å². The van der Waals surface area contributed by atoms with Gasteiger partial charge in [-0.25, -0.2) is 9.07 Å². The molecule has 3 atom stereocenters. The van der Waals surface area contributed by atoms with Crippen LogP contribution in [0.25, 0.3) is 11.0 Å². The van der Waals surface area contributed by atoms with Gasteiger partial charge in [0.15, 0.2) is 5.52 Å². The van der Waals surface area contributed by atoms with Gasteiger partial charge in [0.1, 0.15) is 11.3 Å². The third kappa shape index (κ3) is 2.13. The molecule has 25 heavy (non-hydrogen) atoms. The molecule has 0 bridgehead atoms. The Morgan fingerprint density at radius 2 is 2.00 bits per heavy atom. The van der Waals surface area contributed by atoms with Crippen molar-refractivity contribution in [1.82, 2.24) is 24.8 Å². The number of hydrogen-bond donors (Lipinski definition) is 0. The molecule has 2 fully saturated rings. The standard InChI is InChI=1S/C17H16FN5O2/c1-9-14-15(20-22(9)6-10-4-2-3-5-13(10)18)17(24)23(21-19-14)16-11-7-25-8-12(11)16/h2-5,11-12,16H,6-8H2,1H3/t11-,12+,16-. The Morgan fingerprint density at radius 1 is 1.24 bits per heavy atom. The molecule has 3 heterocycles. The molecule has 5 rings (SSSR count). The van der Waals surface area contributed by atoms with Crippen LogP contribution in [0, 0.1) is 24.6 Å². The van der Waals surface area contributed by atoms with Gasteiger partial charge in [0, 0.05) is 17.4 Å². The van der Waals surface area contributed by atoms with Crippen LogP contribution in [0.2, 0.25) is 0 Å². The lowest BCUT2D eigenvalue weighted by atomic mass is 10.2. The molecule has 0 spiro atoms. The van der Waals surface area contributed by atoms with Gasteiger partial charge < -0.3 is 4.74 Å². The predicted molar refractivity (Wildman–Crippen MR) is 86.7 cm³/mol. The lowest BCUT2D eigenvalue weighted by Crippen LogP contribution is -2.26. The molecule has 1 saturated carbocycles. The minimum atomic E-state index is -0.296. The molecule has 1 aromatic carbocycles. The zero-order chi connectivity index (χ0) is 17.1. The number of fused-ring (bicyclic) bond motifs is 2. The Hall–Kier alpha value is -2.61. The highest BCUT2D eigenvalue weighted by molar-refractivity contribution is 5.75. The van der Waals surface area contributed by atoms with Gasteiger partial charge in [-0.05, 0) is 13.0 Å². The van der Waals surface area contributed by atoms with Crippen LogP contribution in [0.4, 0.5) is 4.39 Å². The molecule has 0 N–H and O–H groups in total. The molecular formula is C17H16FN5O2. The van der Waals surface area contributed by atoms with E-state index in [9.17, 15) is 9.18 Å². The van der Waals surface area contributed by atoms with E-state index in [1.807, 2.05) is 6.92 Å². The van der Waals surface area contributed by atoms with Crippen LogP contribution in [0.1, 0.15) is 17.3 Å². The maximum Gasteiger partial charge on any atom is 0.298 e. The molecule has 8 heteroatoms. The van der Waals surface area contributed by atoms with Gasteiger partial charge >= 0.3 is 0 Å². The molecular weight excluding hydrogens is 325 g/mol. The predicted octanol–water partition coefficient (Wildman–Crippen LogP) is 1.30. The van der Waals surface area contributed by atoms with Crippen LogP contribution in [-0.4, -0.2) is 38.0 Å². The number of rotatable bonds is 3. The van der Waals surface area contributed by atoms with Crippen molar-refractivity contribution in [3.63, 3.8) is 0 Å². The monoisotopic (exact) mass is 341 g/mol. The van der Waals surface area contributed by atoms with Gasteiger partial charge in [-0.15, -0.1) is 5.10 Å². The third-order valence-electron chi connectivity index (χ3n) is 5.29. The summed E-state index contributed by atoms with van der Waals surface area (Å²) < 4.78 is 22.3. The van der Waals surface area contributed by atoms with Crippen LogP contribution in [-0.2, 0) is 11.3 Å². The number of benzene rings is 1. The Labute approximate surface area is 142 Å². The first-order valence-corrected chi connectivity index (χ1v) is 8.29. The molecule has 1 aliphatic heterocycles. The van der Waals surface area contributed by atoms with Crippen molar-refractivity contribution in [2.45, 2.75) is 19.5 Å². The SMILES string of the molecule is Cc1c2nnn([C@@H]3[C@@H]4COC[C@@H]43)c(=O)c2nn1Cc1ccccc1F. The summed E-state index contributed by atoms with van der Waals surface area (Å²) in [4.78, 5) is 12.8. The minimum absolute atomic E-state index is 0.0650. The normalized spacial score (nSPS) is 24.6. The molecule has 0 amide bonds. The van der Waals surface area contributed by atoms with Crippen LogP contribution < -0.4 is 5.56 Å². The van der Waals surface area contributed by atoms with Gasteiger partial charge in [-0.3, -0.25) is 9.48 Å². The quantitative estimate of drug-likeness (QED) is 0.718. The lowest BCUT2D eigenvalue weighted by molar-refractivity contribution is 0.149. The smallest absolute Gasteiger partial charge is 0.298 e. The van der Waals surface area contributed by atoms with E-state index in [0.29, 0.717) is 41.8 Å². The number of aryl methyl sites for hydroxylation is 1. The summed E-state index contributed by atoms with van der Waals surface area (Å²) in [5.74, 6) is 0.410. The van der Waals surface area contributed by atoms with Gasteiger partial charge in [-0.2, -0.15) is 5.10 Å². The van der Waals surface area contributed by atoms with Crippen molar-refractivity contribution < 1.29 is 9.13 Å². The van der Waals surface area contributed by atoms with Crippen molar-refractivity contribution in [2.24, 2.45) is 11.8 Å². The van der Waals surface area contributed by atoms with Gasteiger partial charge in [-0.1, -0.05) is 23.4 Å². The maximum absolute atomic E-state index is 13.9. The van der Waals surface area contributed by atoms with Gasteiger partial charge in [0.05, 0.1) is 31.5 Å². The van der Waals surface area contributed by atoms with Gasteiger partial charge in [0.2, 0.25) is 0 Å². The molecule has 2 aliphatic rings. The fourth-order valence-corrected chi connectivity index (χ4v) is 3.75. The Kier molecular flexibility index (Phi) is 3.05. The summed E-state index contributed by atoms with van der Waals surface area (Å²) in [5.41, 5.74) is 1.74. The largest absolute Gasteiger partial charge is 0.381 e. The Morgan fingerprint density at radius 3 is 2.76 bits per heavy atom. The zero-order valence-electron chi connectivity index (χ0n) is 13.6. The second-order valence-electron chi connectivity index (χ2n) is 6.73. The number of hydrogen-bond acceptors (Lipinski definition) is 5. The Bertz CT molecular complexity index is 1030. The van der Waals surface area contributed by atoms with E-state index in [0.717, 1.165) is 0 Å². The number of ether oxygens (including phenoxy) is 1. The van der Waals surface area contributed by atoms with Gasteiger partial charge in [0.25, 0.3) is 5.56 Å². The molecule has 7 nitrogen and oxygen atoms in total. The summed E-state index contributed by atoms with van der Waals surface area (Å²) in [6.45, 7) is 3.40. The molecule has 0 unspecified atom stereocenters. The Balaban J connectivity index is 1.56. The van der Waals surface area contributed by atoms with E-state index in [2.05, 4.69) is 15.4 Å². The number of aromatic nitrogens is 5. The van der Waals surface area contributed by atoms with Crippen molar-refractivity contribution in [1.29, 1.82) is 0 Å². The van der Waals surface area contributed by atoms with Crippen molar-refractivity contribution in [3.05, 3.63) is 51.7 Å². The zero-order valence-corrected chi connectivity index (χ0v) is 13.6. The highest BCUT2D eigenvalue weighted by Gasteiger charge is 2.56. The average Bonchev–Trinajstić information content (AvgIpc) is 2.93. The van der Waals surface area contributed by atoms with Crippen LogP contribution in [0.5, 0.6) is 0 Å². The molecule has 128 valence electrons. The second kappa shape index (κ2) is 5.19. The van der Waals surface area contributed by atoms with Crippen molar-refractivity contribution in [3.8, 4) is 0 Å². The molecule has 3 aromatic rings. The first kappa shape index (κ1) is 14.7. The van der Waals surface area contributed by atoms with E-state index in [-0.39, 0.29) is 29.5 Å². The highest BCUT2D eigenvalue weighted by atomic mass is 19.1. The lowest BCUT2D eigenvalue weighted by Gasteiger charge is -2.05. The molecule has 2 aromatic heterocycles. The summed E-state index contributed by atoms with van der Waals surface area (Å²) in [7, 11) is 0. The number of nitrogens with zero attached hydrogens (tertiary/aromatic N) is 5. The third-order valence-corrected chi connectivity index (χ3v) is 5.29. The number of halogens is 1. The van der Waals surface area contributed by atoms with Crippen LogP contribution in [0.3, 0.4) is 0 Å². The maximum atomic E-state index is 13.9. The molecule has 1 saturated heterocycles.